The van der Waals surface area contributed by atoms with E-state index in [0.29, 0.717) is 5.11 Å². The number of hydrazone groups is 1. The number of unbranched alkanes of at least 4 members (excludes halogenated alkanes) is 1. The van der Waals surface area contributed by atoms with Crippen molar-refractivity contribution in [3.63, 3.8) is 0 Å². The highest BCUT2D eigenvalue weighted by atomic mass is 32.1. The maximum absolute atomic E-state index is 10.6. The largest absolute Gasteiger partial charge is 0.545 e. The number of hydrogen-bond donors (Lipinski definition) is 1. The number of thiocarbonyl (C=S) groups is 1. The highest BCUT2D eigenvalue weighted by Crippen LogP contribution is 2.01. The second-order valence-electron chi connectivity index (χ2n) is 4.26. The van der Waals surface area contributed by atoms with E-state index in [0.717, 1.165) is 24.9 Å². The molecular formula is C14H18N3O2S-. The van der Waals surface area contributed by atoms with Crippen LogP contribution in [0.5, 0.6) is 0 Å². The Kier molecular flexibility index (Phi) is 6.66. The lowest BCUT2D eigenvalue weighted by molar-refractivity contribution is -0.255. The lowest BCUT2D eigenvalue weighted by Crippen LogP contribution is -2.34. The van der Waals surface area contributed by atoms with Gasteiger partial charge in [-0.1, -0.05) is 37.6 Å². The number of carbonyl (C=O) groups is 1. The Bertz CT molecular complexity index is 486. The zero-order valence-corrected chi connectivity index (χ0v) is 12.4. The van der Waals surface area contributed by atoms with E-state index in [1.807, 2.05) is 0 Å². The minimum absolute atomic E-state index is 0.146. The molecule has 0 aliphatic heterocycles. The number of rotatable bonds is 6. The molecule has 0 unspecified atom stereocenters. The van der Waals surface area contributed by atoms with E-state index >= 15 is 0 Å². The molecule has 0 amide bonds. The van der Waals surface area contributed by atoms with Gasteiger partial charge >= 0.3 is 0 Å². The zero-order valence-electron chi connectivity index (χ0n) is 11.6. The summed E-state index contributed by atoms with van der Waals surface area (Å²) in [6.45, 7) is 2.94. The summed E-state index contributed by atoms with van der Waals surface area (Å²) in [5.41, 5.74) is 0.936. The SMILES string of the molecule is CCCCNC(=S)N(C)/N=C\c1ccc(C(=O)[O-])cc1. The van der Waals surface area contributed by atoms with Crippen molar-refractivity contribution in [3.05, 3.63) is 35.4 Å². The molecule has 0 heterocycles. The van der Waals surface area contributed by atoms with Gasteiger partial charge in [0.25, 0.3) is 0 Å². The Labute approximate surface area is 124 Å². The Balaban J connectivity index is 2.53. The van der Waals surface area contributed by atoms with E-state index in [9.17, 15) is 9.90 Å². The van der Waals surface area contributed by atoms with Gasteiger partial charge in [-0.05, 0) is 29.8 Å². The van der Waals surface area contributed by atoms with Crippen molar-refractivity contribution in [1.82, 2.24) is 10.3 Å². The molecular weight excluding hydrogens is 274 g/mol. The van der Waals surface area contributed by atoms with Crippen molar-refractivity contribution in [3.8, 4) is 0 Å². The van der Waals surface area contributed by atoms with E-state index in [4.69, 9.17) is 12.2 Å². The molecule has 0 aliphatic rings. The predicted molar refractivity (Wildman–Crippen MR) is 81.6 cm³/mol. The molecule has 0 radical (unpaired) electrons. The minimum atomic E-state index is -1.19. The van der Waals surface area contributed by atoms with Gasteiger partial charge in [-0.15, -0.1) is 0 Å². The van der Waals surface area contributed by atoms with Gasteiger partial charge in [-0.25, -0.2) is 5.01 Å². The monoisotopic (exact) mass is 292 g/mol. The number of nitrogens with zero attached hydrogens (tertiary/aromatic N) is 2. The topological polar surface area (TPSA) is 67.8 Å². The summed E-state index contributed by atoms with van der Waals surface area (Å²) in [5, 5.41) is 20.0. The fourth-order valence-electron chi connectivity index (χ4n) is 1.40. The molecule has 0 saturated heterocycles. The summed E-state index contributed by atoms with van der Waals surface area (Å²) in [5.74, 6) is -1.19. The summed E-state index contributed by atoms with van der Waals surface area (Å²) < 4.78 is 0. The quantitative estimate of drug-likeness (QED) is 0.366. The third kappa shape index (κ3) is 5.36. The molecule has 0 atom stereocenters. The van der Waals surface area contributed by atoms with Crippen LogP contribution in [0, 0.1) is 0 Å². The van der Waals surface area contributed by atoms with Gasteiger partial charge in [-0.2, -0.15) is 5.10 Å². The molecule has 0 bridgehead atoms. The van der Waals surface area contributed by atoms with Crippen molar-refractivity contribution < 1.29 is 9.90 Å². The van der Waals surface area contributed by atoms with Crippen molar-refractivity contribution >= 4 is 29.5 Å². The second-order valence-corrected chi connectivity index (χ2v) is 4.65. The van der Waals surface area contributed by atoms with E-state index in [2.05, 4.69) is 17.3 Å². The first kappa shape index (κ1) is 16.1. The Morgan fingerprint density at radius 3 is 2.65 bits per heavy atom. The van der Waals surface area contributed by atoms with Gasteiger partial charge in [0.05, 0.1) is 12.2 Å². The van der Waals surface area contributed by atoms with E-state index in [1.54, 1.807) is 30.4 Å². The van der Waals surface area contributed by atoms with Crippen molar-refractivity contribution in [2.45, 2.75) is 19.8 Å². The molecule has 1 aromatic rings. The molecule has 0 spiro atoms. The lowest BCUT2D eigenvalue weighted by atomic mass is 10.1. The fourth-order valence-corrected chi connectivity index (χ4v) is 1.55. The summed E-state index contributed by atoms with van der Waals surface area (Å²) in [7, 11) is 1.76. The maximum atomic E-state index is 10.6. The minimum Gasteiger partial charge on any atom is -0.545 e. The molecule has 5 nitrogen and oxygen atoms in total. The summed E-state index contributed by atoms with van der Waals surface area (Å²) in [4.78, 5) is 10.6. The van der Waals surface area contributed by atoms with E-state index in [-0.39, 0.29) is 5.56 Å². The average Bonchev–Trinajstić information content (AvgIpc) is 2.45. The molecule has 1 aromatic carbocycles. The van der Waals surface area contributed by atoms with Crippen LogP contribution in [-0.4, -0.2) is 35.9 Å². The lowest BCUT2D eigenvalue weighted by Gasteiger charge is -2.15. The number of nitrogens with one attached hydrogen (secondary N) is 1. The predicted octanol–water partition coefficient (Wildman–Crippen LogP) is 0.990. The standard InChI is InChI=1S/C14H19N3O2S/c1-3-4-9-15-14(20)17(2)16-10-11-5-7-12(8-6-11)13(18)19/h5-8,10H,3-4,9H2,1-2H3,(H,15,20)(H,18,19)/p-1/b16-10-. The number of carbonyl (C=O) groups excluding carboxylic acids is 1. The normalized spacial score (nSPS) is 10.5. The average molecular weight is 292 g/mol. The van der Waals surface area contributed by atoms with Crippen LogP contribution in [0.1, 0.15) is 35.7 Å². The number of carboxylic acids is 1. The Hall–Kier alpha value is -1.95. The Morgan fingerprint density at radius 2 is 2.10 bits per heavy atom. The van der Waals surface area contributed by atoms with Crippen LogP contribution in [0.3, 0.4) is 0 Å². The number of benzene rings is 1. The molecule has 0 saturated carbocycles. The number of aromatic carboxylic acids is 1. The molecule has 1 N–H and O–H groups in total. The van der Waals surface area contributed by atoms with Crippen LogP contribution >= 0.6 is 12.2 Å². The number of carboxylic acid groups (broad SMARTS) is 1. The fraction of sp³-hybridized carbons (Fsp3) is 0.357. The van der Waals surface area contributed by atoms with Gasteiger partial charge < -0.3 is 15.2 Å². The molecule has 0 aromatic heterocycles. The molecule has 0 aliphatic carbocycles. The summed E-state index contributed by atoms with van der Waals surface area (Å²) in [6, 6.07) is 6.29. The first-order chi connectivity index (χ1) is 9.54. The van der Waals surface area contributed by atoms with Gasteiger partial charge in [0, 0.05) is 13.6 Å². The van der Waals surface area contributed by atoms with Gasteiger partial charge in [0.15, 0.2) is 5.11 Å². The third-order valence-corrected chi connectivity index (χ3v) is 3.04. The summed E-state index contributed by atoms with van der Waals surface area (Å²) in [6.07, 6.45) is 3.78. The third-order valence-electron chi connectivity index (χ3n) is 2.63. The zero-order chi connectivity index (χ0) is 15.0. The van der Waals surface area contributed by atoms with Crippen LogP contribution in [0.25, 0.3) is 0 Å². The van der Waals surface area contributed by atoms with Crippen LogP contribution in [-0.2, 0) is 0 Å². The van der Waals surface area contributed by atoms with Gasteiger partial charge in [-0.3, -0.25) is 0 Å². The van der Waals surface area contributed by atoms with Crippen LogP contribution in [0.15, 0.2) is 29.4 Å². The van der Waals surface area contributed by atoms with Gasteiger partial charge in [0.2, 0.25) is 0 Å². The van der Waals surface area contributed by atoms with Crippen LogP contribution < -0.4 is 10.4 Å². The molecule has 20 heavy (non-hydrogen) atoms. The highest BCUT2D eigenvalue weighted by molar-refractivity contribution is 7.80. The highest BCUT2D eigenvalue weighted by Gasteiger charge is 2.00. The summed E-state index contributed by atoms with van der Waals surface area (Å²) >= 11 is 5.18. The smallest absolute Gasteiger partial charge is 0.189 e. The maximum Gasteiger partial charge on any atom is 0.189 e. The van der Waals surface area contributed by atoms with E-state index < -0.39 is 5.97 Å². The van der Waals surface area contributed by atoms with Crippen molar-refractivity contribution in [1.29, 1.82) is 0 Å². The van der Waals surface area contributed by atoms with Crippen molar-refractivity contribution in [2.75, 3.05) is 13.6 Å². The Morgan fingerprint density at radius 1 is 1.45 bits per heavy atom. The van der Waals surface area contributed by atoms with Crippen LogP contribution in [0.2, 0.25) is 0 Å². The first-order valence-corrected chi connectivity index (χ1v) is 6.82. The van der Waals surface area contributed by atoms with E-state index in [1.165, 1.54) is 12.1 Å². The second kappa shape index (κ2) is 8.27. The molecule has 0 fully saturated rings. The first-order valence-electron chi connectivity index (χ1n) is 6.41. The molecule has 1 rings (SSSR count). The van der Waals surface area contributed by atoms with Crippen molar-refractivity contribution in [2.24, 2.45) is 5.10 Å². The van der Waals surface area contributed by atoms with Gasteiger partial charge in [0.1, 0.15) is 0 Å². The van der Waals surface area contributed by atoms with Crippen LogP contribution in [0.4, 0.5) is 0 Å². The number of hydrogen-bond acceptors (Lipinski definition) is 4. The molecule has 108 valence electrons. The molecule has 6 heteroatoms.